The normalized spacial score (nSPS) is 21.7. The van der Waals surface area contributed by atoms with Crippen molar-refractivity contribution in [3.63, 3.8) is 0 Å². The highest BCUT2D eigenvalue weighted by Crippen LogP contribution is 2.33. The Morgan fingerprint density at radius 3 is 3.15 bits per heavy atom. The van der Waals surface area contributed by atoms with Gasteiger partial charge in [0.15, 0.2) is 0 Å². The summed E-state index contributed by atoms with van der Waals surface area (Å²) in [6.07, 6.45) is 8.93. The zero-order valence-electron chi connectivity index (χ0n) is 15.4. The first-order valence-electron chi connectivity index (χ1n) is 9.62. The van der Waals surface area contributed by atoms with Crippen LogP contribution in [0.1, 0.15) is 36.4 Å². The quantitative estimate of drug-likeness (QED) is 0.866. The fraction of sp³-hybridized carbons (Fsp3) is 0.500. The molecule has 4 rings (SSSR count). The number of amidine groups is 1. The highest BCUT2D eigenvalue weighted by molar-refractivity contribution is 5.94. The number of carbonyl (C=O) groups is 1. The third-order valence-corrected chi connectivity index (χ3v) is 5.44. The van der Waals surface area contributed by atoms with Crippen LogP contribution in [0.15, 0.2) is 29.4 Å². The summed E-state index contributed by atoms with van der Waals surface area (Å²) in [6.45, 7) is 3.93. The standard InChI is InChI=1S/C20H24N6O/c21-8-5-19(27)26-12-2-11-25(13-14-26)18-4-1-3-17(24-18)15-6-9-22-20-16(15)7-10-23-20/h1,4,6,9,17H,2-3,5,7,10-14H2,(H,22,23). The molecule has 27 heavy (non-hydrogen) atoms. The summed E-state index contributed by atoms with van der Waals surface area (Å²) in [4.78, 5) is 25.5. The molecular formula is C20H24N6O. The van der Waals surface area contributed by atoms with Crippen molar-refractivity contribution in [2.75, 3.05) is 38.0 Å². The lowest BCUT2D eigenvalue weighted by atomic mass is 9.97. The number of anilines is 1. The summed E-state index contributed by atoms with van der Waals surface area (Å²) in [5.74, 6) is 1.93. The maximum atomic E-state index is 12.0. The number of aromatic nitrogens is 1. The van der Waals surface area contributed by atoms with Gasteiger partial charge in [0.2, 0.25) is 5.91 Å². The maximum Gasteiger partial charge on any atom is 0.236 e. The number of carbonyl (C=O) groups excluding carboxylic acids is 1. The van der Waals surface area contributed by atoms with E-state index >= 15 is 0 Å². The second kappa shape index (κ2) is 7.78. The lowest BCUT2D eigenvalue weighted by Crippen LogP contribution is -2.37. The second-order valence-corrected chi connectivity index (χ2v) is 7.10. The van der Waals surface area contributed by atoms with E-state index in [1.54, 1.807) is 4.90 Å². The number of rotatable bonds is 2. The topological polar surface area (TPSA) is 84.6 Å². The molecule has 140 valence electrons. The number of nitriles is 1. The van der Waals surface area contributed by atoms with E-state index in [4.69, 9.17) is 10.3 Å². The predicted molar refractivity (Wildman–Crippen MR) is 103 cm³/mol. The molecule has 4 heterocycles. The highest BCUT2D eigenvalue weighted by atomic mass is 16.2. The number of nitrogens with zero attached hydrogens (tertiary/aromatic N) is 5. The largest absolute Gasteiger partial charge is 0.370 e. The van der Waals surface area contributed by atoms with Crippen LogP contribution in [0.4, 0.5) is 5.82 Å². The number of amides is 1. The van der Waals surface area contributed by atoms with Crippen LogP contribution in [0.5, 0.6) is 0 Å². The fourth-order valence-corrected chi connectivity index (χ4v) is 4.06. The molecule has 0 aliphatic carbocycles. The third-order valence-electron chi connectivity index (χ3n) is 5.44. The first-order valence-corrected chi connectivity index (χ1v) is 9.62. The van der Waals surface area contributed by atoms with E-state index in [1.807, 2.05) is 12.3 Å². The predicted octanol–water partition coefficient (Wildman–Crippen LogP) is 1.90. The molecule has 1 fully saturated rings. The number of hydrogen-bond acceptors (Lipinski definition) is 6. The fourth-order valence-electron chi connectivity index (χ4n) is 4.06. The van der Waals surface area contributed by atoms with Gasteiger partial charge in [0.25, 0.3) is 0 Å². The van der Waals surface area contributed by atoms with E-state index in [1.165, 1.54) is 11.1 Å². The van der Waals surface area contributed by atoms with Gasteiger partial charge in [-0.2, -0.15) is 5.26 Å². The molecule has 1 unspecified atom stereocenters. The third kappa shape index (κ3) is 3.65. The Kier molecular flexibility index (Phi) is 5.05. The zero-order chi connectivity index (χ0) is 18.6. The number of dihydropyridines is 1. The van der Waals surface area contributed by atoms with Gasteiger partial charge in [-0.05, 0) is 37.0 Å². The van der Waals surface area contributed by atoms with E-state index in [0.29, 0.717) is 13.1 Å². The van der Waals surface area contributed by atoms with Crippen LogP contribution in [0.3, 0.4) is 0 Å². The van der Waals surface area contributed by atoms with E-state index in [0.717, 1.165) is 50.6 Å². The highest BCUT2D eigenvalue weighted by Gasteiger charge is 2.25. The van der Waals surface area contributed by atoms with Crippen molar-refractivity contribution in [3.05, 3.63) is 35.5 Å². The molecule has 0 spiro atoms. The molecule has 7 heteroatoms. The van der Waals surface area contributed by atoms with Gasteiger partial charge in [-0.15, -0.1) is 0 Å². The molecule has 1 aromatic rings. The Morgan fingerprint density at radius 1 is 1.33 bits per heavy atom. The monoisotopic (exact) mass is 364 g/mol. The van der Waals surface area contributed by atoms with Gasteiger partial charge in [-0.25, -0.2) is 4.98 Å². The van der Waals surface area contributed by atoms with Gasteiger partial charge < -0.3 is 15.1 Å². The maximum absolute atomic E-state index is 12.0. The van der Waals surface area contributed by atoms with Crippen molar-refractivity contribution in [1.29, 1.82) is 5.26 Å². The molecule has 1 saturated heterocycles. The Bertz CT molecular complexity index is 824. The van der Waals surface area contributed by atoms with Crippen molar-refractivity contribution in [2.45, 2.75) is 31.7 Å². The van der Waals surface area contributed by atoms with Crippen molar-refractivity contribution >= 4 is 17.6 Å². The molecule has 3 aliphatic heterocycles. The Balaban J connectivity index is 1.49. The summed E-state index contributed by atoms with van der Waals surface area (Å²) in [5, 5.41) is 12.1. The second-order valence-electron chi connectivity index (χ2n) is 7.10. The number of pyridine rings is 1. The molecule has 0 aromatic carbocycles. The molecule has 1 N–H and O–H groups in total. The van der Waals surface area contributed by atoms with E-state index < -0.39 is 0 Å². The summed E-state index contributed by atoms with van der Waals surface area (Å²) >= 11 is 0. The molecule has 0 radical (unpaired) electrons. The number of nitrogens with one attached hydrogen (secondary N) is 1. The van der Waals surface area contributed by atoms with Gasteiger partial charge in [-0.1, -0.05) is 6.08 Å². The average Bonchev–Trinajstić information content (AvgIpc) is 3.04. The first-order chi connectivity index (χ1) is 13.3. The summed E-state index contributed by atoms with van der Waals surface area (Å²) < 4.78 is 0. The zero-order valence-corrected chi connectivity index (χ0v) is 15.4. The van der Waals surface area contributed by atoms with Crippen LogP contribution in [0.25, 0.3) is 0 Å². The van der Waals surface area contributed by atoms with Crippen LogP contribution in [-0.4, -0.2) is 59.3 Å². The van der Waals surface area contributed by atoms with Crippen molar-refractivity contribution in [2.24, 2.45) is 4.99 Å². The van der Waals surface area contributed by atoms with Gasteiger partial charge in [-0.3, -0.25) is 9.79 Å². The minimum absolute atomic E-state index is 0.0376. The molecule has 1 atom stereocenters. The summed E-state index contributed by atoms with van der Waals surface area (Å²) in [6, 6.07) is 4.18. The van der Waals surface area contributed by atoms with E-state index in [2.05, 4.69) is 33.4 Å². The minimum Gasteiger partial charge on any atom is -0.370 e. The molecule has 1 aromatic heterocycles. The summed E-state index contributed by atoms with van der Waals surface area (Å²) in [5.41, 5.74) is 2.57. The van der Waals surface area contributed by atoms with Crippen molar-refractivity contribution < 1.29 is 4.79 Å². The minimum atomic E-state index is -0.0711. The molecule has 0 saturated carbocycles. The van der Waals surface area contributed by atoms with Crippen molar-refractivity contribution in [3.8, 4) is 6.07 Å². The Labute approximate surface area is 159 Å². The molecule has 3 aliphatic rings. The van der Waals surface area contributed by atoms with E-state index in [-0.39, 0.29) is 18.4 Å². The van der Waals surface area contributed by atoms with Gasteiger partial charge in [0.1, 0.15) is 18.1 Å². The number of hydrogen-bond donors (Lipinski definition) is 1. The smallest absolute Gasteiger partial charge is 0.236 e. The molecule has 1 amide bonds. The average molecular weight is 364 g/mol. The first kappa shape index (κ1) is 17.5. The lowest BCUT2D eigenvalue weighted by Gasteiger charge is -2.27. The molecule has 0 bridgehead atoms. The van der Waals surface area contributed by atoms with Crippen molar-refractivity contribution in [1.82, 2.24) is 14.8 Å². The van der Waals surface area contributed by atoms with Crippen LogP contribution >= 0.6 is 0 Å². The summed E-state index contributed by atoms with van der Waals surface area (Å²) in [7, 11) is 0. The molecular weight excluding hydrogens is 340 g/mol. The van der Waals surface area contributed by atoms with Crippen LogP contribution in [0.2, 0.25) is 0 Å². The molecule has 7 nitrogen and oxygen atoms in total. The van der Waals surface area contributed by atoms with Gasteiger partial charge in [0.05, 0.1) is 12.1 Å². The number of aliphatic imine (C=N–C) groups is 1. The SMILES string of the molecule is N#CCC(=O)N1CCCN(C2=NC(c3ccnc4c3CCN4)CC=C2)CC1. The van der Waals surface area contributed by atoms with Crippen LogP contribution < -0.4 is 5.32 Å². The van der Waals surface area contributed by atoms with Crippen LogP contribution in [0, 0.1) is 11.3 Å². The van der Waals surface area contributed by atoms with Gasteiger partial charge in [0, 0.05) is 44.5 Å². The van der Waals surface area contributed by atoms with Crippen LogP contribution in [-0.2, 0) is 11.2 Å². The number of fused-ring (bicyclic) bond motifs is 1. The van der Waals surface area contributed by atoms with Gasteiger partial charge >= 0.3 is 0 Å². The Morgan fingerprint density at radius 2 is 2.26 bits per heavy atom. The Hall–Kier alpha value is -2.88. The lowest BCUT2D eigenvalue weighted by molar-refractivity contribution is -0.129. The van der Waals surface area contributed by atoms with E-state index in [9.17, 15) is 4.79 Å².